The van der Waals surface area contributed by atoms with Gasteiger partial charge >= 0.3 is 0 Å². The Morgan fingerprint density at radius 3 is 2.82 bits per heavy atom. The van der Waals surface area contributed by atoms with Gasteiger partial charge < -0.3 is 10.2 Å². The Bertz CT molecular complexity index is 950. The quantitative estimate of drug-likeness (QED) is 0.380. The molecule has 0 bridgehead atoms. The number of nitrogens with zero attached hydrogens (tertiary/aromatic N) is 3. The van der Waals surface area contributed by atoms with Crippen molar-refractivity contribution >= 4 is 74.0 Å². The van der Waals surface area contributed by atoms with Crippen LogP contribution in [-0.2, 0) is 13.0 Å². The number of benzene rings is 1. The van der Waals surface area contributed by atoms with E-state index in [1.54, 1.807) is 6.07 Å². The minimum absolute atomic E-state index is 0.331. The number of likely N-dealkylation sites (tertiary alicyclic amines) is 1. The standard InChI is InChI=1S/C19H17BrCl4N4/c20-14-5-10-6-16(26-19(10)27-18(14)24)28-3-1-2-13(9-28)25-8-11-4-12(21)7-15(22)17(11)23/h4-5,7,13,25H,1-3,6,8-9H2/t13-/m0/s1. The Morgan fingerprint density at radius 1 is 1.18 bits per heavy atom. The van der Waals surface area contributed by atoms with Crippen LogP contribution in [0.15, 0.2) is 27.7 Å². The number of rotatable bonds is 3. The summed E-state index contributed by atoms with van der Waals surface area (Å²) in [5.74, 6) is 1.77. The predicted molar refractivity (Wildman–Crippen MR) is 121 cm³/mol. The van der Waals surface area contributed by atoms with Gasteiger partial charge in [-0.2, -0.15) is 0 Å². The summed E-state index contributed by atoms with van der Waals surface area (Å²) in [5.41, 5.74) is 2.01. The molecular weight excluding hydrogens is 506 g/mol. The highest BCUT2D eigenvalue weighted by atomic mass is 79.9. The van der Waals surface area contributed by atoms with Gasteiger partial charge in [0, 0.05) is 42.7 Å². The third kappa shape index (κ3) is 4.45. The zero-order valence-corrected chi connectivity index (χ0v) is 19.4. The lowest BCUT2D eigenvalue weighted by Crippen LogP contribution is -2.47. The number of aliphatic imine (C=N–C) groups is 1. The van der Waals surface area contributed by atoms with Crippen molar-refractivity contribution in [1.29, 1.82) is 0 Å². The maximum Gasteiger partial charge on any atom is 0.159 e. The molecule has 28 heavy (non-hydrogen) atoms. The first-order valence-corrected chi connectivity index (χ1v) is 11.3. The number of hydrogen-bond donors (Lipinski definition) is 1. The molecule has 1 saturated heterocycles. The van der Waals surface area contributed by atoms with Gasteiger partial charge in [-0.3, -0.25) is 0 Å². The van der Waals surface area contributed by atoms with Crippen LogP contribution >= 0.6 is 62.3 Å². The molecule has 1 atom stereocenters. The Kier molecular flexibility index (Phi) is 6.41. The van der Waals surface area contributed by atoms with E-state index in [-0.39, 0.29) is 0 Å². The molecule has 0 unspecified atom stereocenters. The van der Waals surface area contributed by atoms with Crippen molar-refractivity contribution in [3.05, 3.63) is 54.0 Å². The van der Waals surface area contributed by atoms with E-state index in [0.29, 0.717) is 32.8 Å². The number of piperidine rings is 1. The first kappa shape index (κ1) is 20.7. The van der Waals surface area contributed by atoms with Crippen molar-refractivity contribution in [2.45, 2.75) is 31.8 Å². The molecule has 0 aliphatic carbocycles. The van der Waals surface area contributed by atoms with Crippen LogP contribution in [0.3, 0.4) is 0 Å². The van der Waals surface area contributed by atoms with Gasteiger partial charge in [0.25, 0.3) is 0 Å². The average molecular weight is 523 g/mol. The normalized spacial score (nSPS) is 19.0. The van der Waals surface area contributed by atoms with Crippen molar-refractivity contribution in [3.8, 4) is 0 Å². The topological polar surface area (TPSA) is 40.5 Å². The molecule has 0 radical (unpaired) electrons. The molecule has 4 rings (SSSR count). The molecule has 148 valence electrons. The lowest BCUT2D eigenvalue weighted by molar-refractivity contribution is 0.273. The van der Waals surface area contributed by atoms with E-state index in [9.17, 15) is 0 Å². The molecule has 4 nitrogen and oxygen atoms in total. The van der Waals surface area contributed by atoms with Gasteiger partial charge in [-0.05, 0) is 52.5 Å². The SMILES string of the molecule is Clc1cc(Cl)c(Cl)c(CN[C@H]2CCCN(C3=Nc4nc(Cl)c(Br)cc4C3)C2)c1. The van der Waals surface area contributed by atoms with E-state index >= 15 is 0 Å². The highest BCUT2D eigenvalue weighted by Crippen LogP contribution is 2.33. The summed E-state index contributed by atoms with van der Waals surface area (Å²) >= 11 is 28.1. The Balaban J connectivity index is 1.41. The maximum atomic E-state index is 6.31. The molecule has 9 heteroatoms. The van der Waals surface area contributed by atoms with Crippen LogP contribution in [0.4, 0.5) is 5.82 Å². The van der Waals surface area contributed by atoms with E-state index in [0.717, 1.165) is 59.6 Å². The number of nitrogens with one attached hydrogen (secondary N) is 1. The third-order valence-electron chi connectivity index (χ3n) is 5.01. The zero-order valence-electron chi connectivity index (χ0n) is 14.8. The lowest BCUT2D eigenvalue weighted by atomic mass is 10.0. The summed E-state index contributed by atoms with van der Waals surface area (Å²) in [6.07, 6.45) is 2.97. The van der Waals surface area contributed by atoms with Gasteiger partial charge in [0.2, 0.25) is 0 Å². The van der Waals surface area contributed by atoms with E-state index in [1.807, 2.05) is 12.1 Å². The molecule has 2 aliphatic rings. The fourth-order valence-electron chi connectivity index (χ4n) is 3.61. The lowest BCUT2D eigenvalue weighted by Gasteiger charge is -2.34. The van der Waals surface area contributed by atoms with Crippen molar-refractivity contribution in [3.63, 3.8) is 0 Å². The van der Waals surface area contributed by atoms with Crippen molar-refractivity contribution in [2.24, 2.45) is 4.99 Å². The van der Waals surface area contributed by atoms with Gasteiger partial charge in [0.15, 0.2) is 5.82 Å². The first-order valence-electron chi connectivity index (χ1n) is 8.95. The number of amidine groups is 1. The number of pyridine rings is 1. The number of halogens is 5. The molecule has 0 saturated carbocycles. The van der Waals surface area contributed by atoms with Crippen LogP contribution in [0.2, 0.25) is 20.2 Å². The summed E-state index contributed by atoms with van der Waals surface area (Å²) in [6.45, 7) is 2.49. The fraction of sp³-hybridized carbons (Fsp3) is 0.368. The smallest absolute Gasteiger partial charge is 0.159 e. The molecule has 3 heterocycles. The minimum Gasteiger partial charge on any atom is -0.358 e. The van der Waals surface area contributed by atoms with Gasteiger partial charge in [-0.1, -0.05) is 46.4 Å². The molecule has 1 aromatic carbocycles. The molecule has 1 fully saturated rings. The fourth-order valence-corrected chi connectivity index (χ4v) is 4.82. The van der Waals surface area contributed by atoms with Gasteiger partial charge in [-0.25, -0.2) is 9.98 Å². The molecule has 0 spiro atoms. The highest BCUT2D eigenvalue weighted by Gasteiger charge is 2.27. The van der Waals surface area contributed by atoms with Crippen molar-refractivity contribution in [2.75, 3.05) is 13.1 Å². The van der Waals surface area contributed by atoms with Gasteiger partial charge in [0.1, 0.15) is 11.0 Å². The third-order valence-corrected chi connectivity index (χ3v) is 7.19. The number of aromatic nitrogens is 1. The Hall–Kier alpha value is -0.560. The van der Waals surface area contributed by atoms with Crippen LogP contribution in [-0.4, -0.2) is 34.9 Å². The molecule has 1 N–H and O–H groups in total. The van der Waals surface area contributed by atoms with Crippen LogP contribution in [0.1, 0.15) is 24.0 Å². The summed E-state index contributed by atoms with van der Waals surface area (Å²) < 4.78 is 0.805. The van der Waals surface area contributed by atoms with Gasteiger partial charge in [-0.15, -0.1) is 0 Å². The monoisotopic (exact) mass is 520 g/mol. The largest absolute Gasteiger partial charge is 0.358 e. The zero-order chi connectivity index (χ0) is 19.8. The molecule has 0 amide bonds. The summed E-state index contributed by atoms with van der Waals surface area (Å²) in [5, 5.41) is 5.65. The second-order valence-electron chi connectivity index (χ2n) is 6.98. The average Bonchev–Trinajstić information content (AvgIpc) is 3.07. The molecule has 2 aromatic rings. The Morgan fingerprint density at radius 2 is 2.00 bits per heavy atom. The predicted octanol–water partition coefficient (Wildman–Crippen LogP) is 6.30. The van der Waals surface area contributed by atoms with Gasteiger partial charge in [0.05, 0.1) is 14.5 Å². The molecule has 1 aromatic heterocycles. The molecule has 2 aliphatic heterocycles. The van der Waals surface area contributed by atoms with Crippen molar-refractivity contribution < 1.29 is 0 Å². The Labute approximate surface area is 192 Å². The minimum atomic E-state index is 0.331. The highest BCUT2D eigenvalue weighted by molar-refractivity contribution is 9.10. The van der Waals surface area contributed by atoms with Crippen molar-refractivity contribution in [1.82, 2.24) is 15.2 Å². The summed E-state index contributed by atoms with van der Waals surface area (Å²) in [7, 11) is 0. The second-order valence-corrected chi connectivity index (χ2v) is 9.41. The summed E-state index contributed by atoms with van der Waals surface area (Å²) in [6, 6.07) is 5.85. The van der Waals surface area contributed by atoms with E-state index in [1.165, 1.54) is 0 Å². The number of fused-ring (bicyclic) bond motifs is 1. The van der Waals surface area contributed by atoms with Crippen LogP contribution in [0.5, 0.6) is 0 Å². The van der Waals surface area contributed by atoms with Crippen LogP contribution < -0.4 is 5.32 Å². The summed E-state index contributed by atoms with van der Waals surface area (Å²) in [4.78, 5) is 11.4. The second kappa shape index (κ2) is 8.66. The molecular formula is C19H17BrCl4N4. The van der Waals surface area contributed by atoms with E-state index < -0.39 is 0 Å². The number of hydrogen-bond acceptors (Lipinski definition) is 4. The van der Waals surface area contributed by atoms with Crippen LogP contribution in [0, 0.1) is 0 Å². The van der Waals surface area contributed by atoms with Crippen LogP contribution in [0.25, 0.3) is 0 Å². The van der Waals surface area contributed by atoms with E-state index in [4.69, 9.17) is 51.4 Å². The van der Waals surface area contributed by atoms with E-state index in [2.05, 4.69) is 31.1 Å². The first-order chi connectivity index (χ1) is 13.4. The maximum absolute atomic E-state index is 6.31.